The van der Waals surface area contributed by atoms with Gasteiger partial charge in [0, 0.05) is 0 Å². The molecule has 0 spiro atoms. The number of amides is 1. The topological polar surface area (TPSA) is 29.1 Å². The minimum absolute atomic E-state index is 0.129. The van der Waals surface area contributed by atoms with Gasteiger partial charge in [-0.15, -0.1) is 6.42 Å². The van der Waals surface area contributed by atoms with Gasteiger partial charge in [-0.1, -0.05) is 12.8 Å². The Labute approximate surface area is 73.2 Å². The Morgan fingerprint density at radius 3 is 2.64 bits per heavy atom. The van der Waals surface area contributed by atoms with Gasteiger partial charge in [-0.2, -0.15) is 12.6 Å². The zero-order valence-electron chi connectivity index (χ0n) is 6.85. The van der Waals surface area contributed by atoms with Crippen LogP contribution in [0.1, 0.15) is 20.3 Å². The summed E-state index contributed by atoms with van der Waals surface area (Å²) >= 11 is 3.82. The highest BCUT2D eigenvalue weighted by Gasteiger charge is 2.19. The zero-order valence-corrected chi connectivity index (χ0v) is 7.74. The molecular weight excluding hydrogens is 158 g/mol. The summed E-state index contributed by atoms with van der Waals surface area (Å²) in [7, 11) is 0. The van der Waals surface area contributed by atoms with Gasteiger partial charge in [-0.05, 0) is 13.3 Å². The van der Waals surface area contributed by atoms with Gasteiger partial charge >= 0.3 is 0 Å². The summed E-state index contributed by atoms with van der Waals surface area (Å²) < 4.78 is 0. The van der Waals surface area contributed by atoms with Gasteiger partial charge in [-0.25, -0.2) is 0 Å². The van der Waals surface area contributed by atoms with Gasteiger partial charge < -0.3 is 5.32 Å². The number of rotatable bonds is 3. The molecule has 2 nitrogen and oxygen atoms in total. The van der Waals surface area contributed by atoms with Crippen LogP contribution >= 0.6 is 12.6 Å². The van der Waals surface area contributed by atoms with E-state index in [1.54, 1.807) is 0 Å². The normalized spacial score (nSPS) is 14.7. The predicted octanol–water partition coefficient (Wildman–Crippen LogP) is 0.834. The molecule has 0 heterocycles. The van der Waals surface area contributed by atoms with Crippen LogP contribution in [0.3, 0.4) is 0 Å². The fourth-order valence-corrected chi connectivity index (χ4v) is 0.653. The number of carbonyl (C=O) groups excluding carboxylic acids is 1. The summed E-state index contributed by atoms with van der Waals surface area (Å²) in [6, 6.07) is 0. The van der Waals surface area contributed by atoms with Gasteiger partial charge in [0.05, 0.1) is 11.3 Å². The van der Waals surface area contributed by atoms with Gasteiger partial charge in [0.2, 0.25) is 5.91 Å². The first-order valence-electron chi connectivity index (χ1n) is 3.47. The van der Waals surface area contributed by atoms with Crippen LogP contribution in [0, 0.1) is 12.3 Å². The van der Waals surface area contributed by atoms with Crippen LogP contribution in [0.5, 0.6) is 0 Å². The monoisotopic (exact) mass is 171 g/mol. The Bertz CT molecular complexity index is 185. The molecule has 0 saturated carbocycles. The molecule has 1 unspecified atom stereocenters. The molecular formula is C8H13NOS. The molecule has 0 aliphatic heterocycles. The van der Waals surface area contributed by atoms with E-state index in [0.29, 0.717) is 0 Å². The average Bonchev–Trinajstić information content (AvgIpc) is 2.04. The number of hydrogen-bond acceptors (Lipinski definition) is 2. The summed E-state index contributed by atoms with van der Waals surface area (Å²) in [6.07, 6.45) is 5.96. The van der Waals surface area contributed by atoms with Crippen molar-refractivity contribution in [3.05, 3.63) is 0 Å². The van der Waals surface area contributed by atoms with E-state index in [1.807, 2.05) is 13.8 Å². The van der Waals surface area contributed by atoms with E-state index >= 15 is 0 Å². The van der Waals surface area contributed by atoms with E-state index in [4.69, 9.17) is 6.42 Å². The van der Waals surface area contributed by atoms with Crippen molar-refractivity contribution in [2.75, 3.05) is 5.75 Å². The van der Waals surface area contributed by atoms with Crippen LogP contribution in [0.2, 0.25) is 0 Å². The highest BCUT2D eigenvalue weighted by atomic mass is 32.1. The Hall–Kier alpha value is -0.620. The Morgan fingerprint density at radius 1 is 1.82 bits per heavy atom. The Morgan fingerprint density at radius 2 is 2.36 bits per heavy atom. The second-order valence-corrected chi connectivity index (χ2v) is 2.85. The number of terminal acetylenes is 1. The van der Waals surface area contributed by atoms with Crippen LogP contribution in [0.25, 0.3) is 0 Å². The molecule has 0 radical (unpaired) electrons. The Kier molecular flexibility index (Phi) is 4.06. The van der Waals surface area contributed by atoms with Crippen LogP contribution in [-0.2, 0) is 4.79 Å². The first-order valence-corrected chi connectivity index (χ1v) is 4.11. The van der Waals surface area contributed by atoms with Crippen LogP contribution < -0.4 is 5.32 Å². The van der Waals surface area contributed by atoms with E-state index in [-0.39, 0.29) is 11.7 Å². The molecule has 11 heavy (non-hydrogen) atoms. The summed E-state index contributed by atoms with van der Waals surface area (Å²) in [4.78, 5) is 10.9. The summed E-state index contributed by atoms with van der Waals surface area (Å²) in [6.45, 7) is 3.74. The number of nitrogens with one attached hydrogen (secondary N) is 1. The van der Waals surface area contributed by atoms with E-state index in [2.05, 4.69) is 23.9 Å². The maximum atomic E-state index is 10.9. The molecule has 1 atom stereocenters. The number of thiol groups is 1. The maximum Gasteiger partial charge on any atom is 0.230 e. The van der Waals surface area contributed by atoms with Crippen molar-refractivity contribution in [2.45, 2.75) is 25.8 Å². The molecule has 0 aromatic heterocycles. The molecule has 1 N–H and O–H groups in total. The van der Waals surface area contributed by atoms with Crippen LogP contribution in [-0.4, -0.2) is 17.2 Å². The lowest BCUT2D eigenvalue weighted by atomic mass is 10.0. The largest absolute Gasteiger partial charge is 0.339 e. The molecule has 3 heteroatoms. The average molecular weight is 171 g/mol. The molecule has 0 aliphatic rings. The van der Waals surface area contributed by atoms with E-state index in [9.17, 15) is 4.79 Å². The smallest absolute Gasteiger partial charge is 0.230 e. The number of carbonyl (C=O) groups is 1. The Balaban J connectivity index is 4.11. The lowest BCUT2D eigenvalue weighted by Gasteiger charge is -2.22. The molecule has 0 saturated heterocycles. The van der Waals surface area contributed by atoms with Crippen LogP contribution in [0.15, 0.2) is 0 Å². The second kappa shape index (κ2) is 4.30. The van der Waals surface area contributed by atoms with Crippen molar-refractivity contribution in [3.8, 4) is 12.3 Å². The minimum atomic E-state index is -0.514. The standard InChI is InChI=1S/C8H13NOS/c1-4-8(3,5-2)9-7(10)6-11/h1,11H,5-6H2,2-3H3,(H,9,10). The fourth-order valence-electron chi connectivity index (χ4n) is 0.574. The lowest BCUT2D eigenvalue weighted by Crippen LogP contribution is -2.44. The van der Waals surface area contributed by atoms with Crippen molar-refractivity contribution >= 4 is 18.5 Å². The molecule has 0 rings (SSSR count). The third kappa shape index (κ3) is 3.33. The summed E-state index contributed by atoms with van der Waals surface area (Å²) in [5.41, 5.74) is -0.514. The van der Waals surface area contributed by atoms with E-state index < -0.39 is 5.54 Å². The van der Waals surface area contributed by atoms with Gasteiger partial charge in [0.25, 0.3) is 0 Å². The first-order chi connectivity index (χ1) is 5.08. The van der Waals surface area contributed by atoms with Gasteiger partial charge in [0.15, 0.2) is 0 Å². The molecule has 0 fully saturated rings. The molecule has 0 bridgehead atoms. The third-order valence-electron chi connectivity index (χ3n) is 1.58. The summed E-state index contributed by atoms with van der Waals surface area (Å²) in [5.74, 6) is 2.58. The van der Waals surface area contributed by atoms with Crippen molar-refractivity contribution in [1.82, 2.24) is 5.32 Å². The van der Waals surface area contributed by atoms with Gasteiger partial charge in [0.1, 0.15) is 0 Å². The third-order valence-corrected chi connectivity index (χ3v) is 1.87. The first kappa shape index (κ1) is 10.4. The van der Waals surface area contributed by atoms with Crippen molar-refractivity contribution in [3.63, 3.8) is 0 Å². The molecule has 0 aromatic rings. The quantitative estimate of drug-likeness (QED) is 0.478. The molecule has 0 aromatic carbocycles. The molecule has 0 aliphatic carbocycles. The molecule has 1 amide bonds. The van der Waals surface area contributed by atoms with Crippen molar-refractivity contribution in [1.29, 1.82) is 0 Å². The minimum Gasteiger partial charge on any atom is -0.339 e. The zero-order chi connectivity index (χ0) is 8.91. The predicted molar refractivity (Wildman–Crippen MR) is 49.5 cm³/mol. The second-order valence-electron chi connectivity index (χ2n) is 2.54. The highest BCUT2D eigenvalue weighted by Crippen LogP contribution is 2.06. The molecule has 62 valence electrons. The summed E-state index contributed by atoms with van der Waals surface area (Å²) in [5, 5.41) is 2.69. The highest BCUT2D eigenvalue weighted by molar-refractivity contribution is 7.81. The SMILES string of the molecule is C#CC(C)(CC)NC(=O)CS. The van der Waals surface area contributed by atoms with E-state index in [0.717, 1.165) is 6.42 Å². The number of hydrogen-bond donors (Lipinski definition) is 2. The van der Waals surface area contributed by atoms with Crippen molar-refractivity contribution in [2.24, 2.45) is 0 Å². The van der Waals surface area contributed by atoms with Gasteiger partial charge in [-0.3, -0.25) is 4.79 Å². The maximum absolute atomic E-state index is 10.9. The fraction of sp³-hybridized carbons (Fsp3) is 0.625. The van der Waals surface area contributed by atoms with Crippen molar-refractivity contribution < 1.29 is 4.79 Å². The van der Waals surface area contributed by atoms with E-state index in [1.165, 1.54) is 0 Å². The lowest BCUT2D eigenvalue weighted by molar-refractivity contribution is -0.119. The van der Waals surface area contributed by atoms with Crippen LogP contribution in [0.4, 0.5) is 0 Å².